The van der Waals surface area contributed by atoms with E-state index in [0.717, 1.165) is 11.3 Å². The molecular formula is C13H17N3O4S2. The second-order valence-electron chi connectivity index (χ2n) is 4.59. The first kappa shape index (κ1) is 16.7. The highest BCUT2D eigenvalue weighted by Crippen LogP contribution is 2.21. The third kappa shape index (κ3) is 4.39. The van der Waals surface area contributed by atoms with Gasteiger partial charge in [-0.15, -0.1) is 11.3 Å². The van der Waals surface area contributed by atoms with Crippen LogP contribution in [0.15, 0.2) is 26.9 Å². The van der Waals surface area contributed by atoms with E-state index in [9.17, 15) is 13.2 Å². The van der Waals surface area contributed by atoms with Crippen molar-refractivity contribution in [3.63, 3.8) is 0 Å². The Kier molecular flexibility index (Phi) is 5.33. The molecule has 7 nitrogen and oxygen atoms in total. The van der Waals surface area contributed by atoms with Crippen LogP contribution in [0.3, 0.4) is 0 Å². The largest absolute Gasteiger partial charge is 0.360 e. The number of thiophene rings is 1. The normalized spacial score (nSPS) is 11.5. The van der Waals surface area contributed by atoms with Crippen LogP contribution < -0.4 is 10.0 Å². The Balaban J connectivity index is 1.83. The Morgan fingerprint density at radius 3 is 2.77 bits per heavy atom. The van der Waals surface area contributed by atoms with Crippen LogP contribution in [0.1, 0.15) is 24.0 Å². The molecule has 0 aliphatic heterocycles. The summed E-state index contributed by atoms with van der Waals surface area (Å²) < 4.78 is 31.6. The molecule has 0 saturated carbocycles. The van der Waals surface area contributed by atoms with Gasteiger partial charge in [-0.1, -0.05) is 12.1 Å². The number of aryl methyl sites for hydroxylation is 2. The van der Waals surface area contributed by atoms with Crippen molar-refractivity contribution in [3.05, 3.63) is 28.8 Å². The summed E-state index contributed by atoms with van der Waals surface area (Å²) in [5, 5.41) is 6.15. The topological polar surface area (TPSA) is 101 Å². The maximum atomic E-state index is 12.0. The average molecular weight is 343 g/mol. The van der Waals surface area contributed by atoms with Gasteiger partial charge in [0, 0.05) is 23.9 Å². The van der Waals surface area contributed by atoms with E-state index in [1.54, 1.807) is 25.1 Å². The number of nitrogens with one attached hydrogen (secondary N) is 2. The molecule has 2 aromatic heterocycles. The fourth-order valence-corrected chi connectivity index (χ4v) is 4.07. The van der Waals surface area contributed by atoms with Gasteiger partial charge in [0.1, 0.15) is 9.97 Å². The predicted octanol–water partition coefficient (Wildman–Crippen LogP) is 1.91. The lowest BCUT2D eigenvalue weighted by Crippen LogP contribution is -2.27. The summed E-state index contributed by atoms with van der Waals surface area (Å²) in [4.78, 5) is 12.7. The average Bonchev–Trinajstić information content (AvgIpc) is 3.07. The number of rotatable bonds is 7. The summed E-state index contributed by atoms with van der Waals surface area (Å²) in [7, 11) is -3.56. The molecule has 0 saturated heterocycles. The number of carbonyl (C=O) groups is 1. The van der Waals surface area contributed by atoms with Gasteiger partial charge >= 0.3 is 0 Å². The molecule has 0 radical (unpaired) electrons. The first-order valence-electron chi connectivity index (χ1n) is 6.72. The minimum absolute atomic E-state index is 0.0111. The molecule has 2 rings (SSSR count). The maximum absolute atomic E-state index is 12.0. The van der Waals surface area contributed by atoms with Crippen molar-refractivity contribution < 1.29 is 17.7 Å². The SMILES string of the molecule is CCc1ccc(S(=O)(=O)NCCC(=O)Nc2cc(C)on2)s1. The summed E-state index contributed by atoms with van der Waals surface area (Å²) in [6.45, 7) is 3.69. The Morgan fingerprint density at radius 2 is 2.18 bits per heavy atom. The highest BCUT2D eigenvalue weighted by Gasteiger charge is 2.16. The zero-order valence-electron chi connectivity index (χ0n) is 12.3. The van der Waals surface area contributed by atoms with E-state index >= 15 is 0 Å². The molecule has 0 aliphatic carbocycles. The molecule has 120 valence electrons. The molecule has 2 heterocycles. The summed E-state index contributed by atoms with van der Waals surface area (Å²) in [5.74, 6) is 0.563. The summed E-state index contributed by atoms with van der Waals surface area (Å²) >= 11 is 1.23. The number of hydrogen-bond acceptors (Lipinski definition) is 6. The van der Waals surface area contributed by atoms with E-state index in [1.807, 2.05) is 6.92 Å². The van der Waals surface area contributed by atoms with Crippen molar-refractivity contribution >= 4 is 33.1 Å². The van der Waals surface area contributed by atoms with E-state index in [-0.39, 0.29) is 23.1 Å². The molecule has 1 amide bonds. The van der Waals surface area contributed by atoms with Crippen LogP contribution in [0.2, 0.25) is 0 Å². The van der Waals surface area contributed by atoms with Crippen molar-refractivity contribution in [1.82, 2.24) is 9.88 Å². The molecule has 0 fully saturated rings. The van der Waals surface area contributed by atoms with E-state index in [0.29, 0.717) is 11.6 Å². The molecule has 0 spiro atoms. The quantitative estimate of drug-likeness (QED) is 0.800. The van der Waals surface area contributed by atoms with Crippen LogP contribution >= 0.6 is 11.3 Å². The number of aromatic nitrogens is 1. The number of sulfonamides is 1. The molecule has 0 bridgehead atoms. The highest BCUT2D eigenvalue weighted by molar-refractivity contribution is 7.91. The van der Waals surface area contributed by atoms with Crippen molar-refractivity contribution in [2.75, 3.05) is 11.9 Å². The van der Waals surface area contributed by atoms with E-state index in [4.69, 9.17) is 4.52 Å². The van der Waals surface area contributed by atoms with Crippen LogP contribution in [0.4, 0.5) is 5.82 Å². The second kappa shape index (κ2) is 7.03. The van der Waals surface area contributed by atoms with Crippen molar-refractivity contribution in [2.45, 2.75) is 30.9 Å². The summed E-state index contributed by atoms with van der Waals surface area (Å²) in [6.07, 6.45) is 0.802. The summed E-state index contributed by atoms with van der Waals surface area (Å²) in [6, 6.07) is 4.95. The van der Waals surface area contributed by atoms with Gasteiger partial charge in [-0.05, 0) is 25.5 Å². The first-order valence-corrected chi connectivity index (χ1v) is 9.02. The third-order valence-electron chi connectivity index (χ3n) is 2.79. The predicted molar refractivity (Wildman–Crippen MR) is 83.4 cm³/mol. The first-order chi connectivity index (χ1) is 10.4. The maximum Gasteiger partial charge on any atom is 0.250 e. The van der Waals surface area contributed by atoms with E-state index in [2.05, 4.69) is 15.2 Å². The molecule has 0 aromatic carbocycles. The van der Waals surface area contributed by atoms with Gasteiger partial charge < -0.3 is 9.84 Å². The van der Waals surface area contributed by atoms with Crippen LogP contribution in [-0.4, -0.2) is 26.0 Å². The fraction of sp³-hybridized carbons (Fsp3) is 0.385. The number of carbonyl (C=O) groups excluding carboxylic acids is 1. The van der Waals surface area contributed by atoms with Gasteiger partial charge in [-0.2, -0.15) is 0 Å². The molecule has 0 aliphatic rings. The zero-order chi connectivity index (χ0) is 16.2. The van der Waals surface area contributed by atoms with Gasteiger partial charge in [0.2, 0.25) is 15.9 Å². The lowest BCUT2D eigenvalue weighted by molar-refractivity contribution is -0.116. The van der Waals surface area contributed by atoms with Gasteiger partial charge in [-0.3, -0.25) is 4.79 Å². The molecule has 0 unspecified atom stereocenters. The van der Waals surface area contributed by atoms with Crippen LogP contribution in [0, 0.1) is 6.92 Å². The number of hydrogen-bond donors (Lipinski definition) is 2. The third-order valence-corrected chi connectivity index (χ3v) is 5.97. The summed E-state index contributed by atoms with van der Waals surface area (Å²) in [5.41, 5.74) is 0. The molecule has 2 N–H and O–H groups in total. The van der Waals surface area contributed by atoms with Crippen molar-refractivity contribution in [2.24, 2.45) is 0 Å². The lowest BCUT2D eigenvalue weighted by Gasteiger charge is -2.04. The van der Waals surface area contributed by atoms with Gasteiger partial charge in [0.15, 0.2) is 5.82 Å². The minimum Gasteiger partial charge on any atom is -0.360 e. The van der Waals surface area contributed by atoms with Crippen LogP contribution in [-0.2, 0) is 21.2 Å². The number of amides is 1. The van der Waals surface area contributed by atoms with Crippen molar-refractivity contribution in [1.29, 1.82) is 0 Å². The molecule has 22 heavy (non-hydrogen) atoms. The van der Waals surface area contributed by atoms with Crippen LogP contribution in [0.5, 0.6) is 0 Å². The second-order valence-corrected chi connectivity index (χ2v) is 7.76. The number of nitrogens with zero attached hydrogens (tertiary/aromatic N) is 1. The molecule has 0 atom stereocenters. The Labute approximate surface area is 132 Å². The fourth-order valence-electron chi connectivity index (χ4n) is 1.69. The number of anilines is 1. The Bertz CT molecular complexity index is 749. The molecule has 2 aromatic rings. The highest BCUT2D eigenvalue weighted by atomic mass is 32.2. The minimum atomic E-state index is -3.56. The molecular weight excluding hydrogens is 326 g/mol. The Morgan fingerprint density at radius 1 is 1.41 bits per heavy atom. The van der Waals surface area contributed by atoms with Crippen LogP contribution in [0.25, 0.3) is 0 Å². The Hall–Kier alpha value is -1.71. The zero-order valence-corrected chi connectivity index (χ0v) is 13.9. The van der Waals surface area contributed by atoms with Gasteiger partial charge in [-0.25, -0.2) is 13.1 Å². The van der Waals surface area contributed by atoms with E-state index in [1.165, 1.54) is 11.3 Å². The molecule has 9 heteroatoms. The van der Waals surface area contributed by atoms with Gasteiger partial charge in [0.25, 0.3) is 0 Å². The monoisotopic (exact) mass is 343 g/mol. The lowest BCUT2D eigenvalue weighted by atomic mass is 10.4. The standard InChI is InChI=1S/C13H17N3O4S2/c1-3-10-4-5-13(21-10)22(18,19)14-7-6-12(17)15-11-8-9(2)20-16-11/h4-5,8,14H,3,6-7H2,1-2H3,(H,15,16,17). The van der Waals surface area contributed by atoms with Gasteiger partial charge in [0.05, 0.1) is 0 Å². The smallest absolute Gasteiger partial charge is 0.250 e. The van der Waals surface area contributed by atoms with E-state index < -0.39 is 10.0 Å². The van der Waals surface area contributed by atoms with Crippen molar-refractivity contribution in [3.8, 4) is 0 Å².